The van der Waals surface area contributed by atoms with E-state index in [9.17, 15) is 9.59 Å². The summed E-state index contributed by atoms with van der Waals surface area (Å²) in [5, 5.41) is 9.36. The molecule has 1 aliphatic rings. The van der Waals surface area contributed by atoms with Gasteiger partial charge in [0.25, 0.3) is 5.91 Å². The number of carbonyl (C=O) groups excluding carboxylic acids is 2. The van der Waals surface area contributed by atoms with E-state index in [0.717, 1.165) is 25.7 Å². The van der Waals surface area contributed by atoms with Gasteiger partial charge >= 0.3 is 0 Å². The lowest BCUT2D eigenvalue weighted by Gasteiger charge is -2.23. The lowest BCUT2D eigenvalue weighted by Crippen LogP contribution is -2.36. The van der Waals surface area contributed by atoms with E-state index < -0.39 is 0 Å². The average Bonchev–Trinajstić information content (AvgIpc) is 2.82. The van der Waals surface area contributed by atoms with E-state index in [2.05, 4.69) is 16.0 Å². The molecule has 3 N–H and O–H groups in total. The first-order chi connectivity index (χ1) is 16.0. The number of halogens is 1. The van der Waals surface area contributed by atoms with Gasteiger partial charge in [0, 0.05) is 30.1 Å². The van der Waals surface area contributed by atoms with Gasteiger partial charge in [0.1, 0.15) is 12.4 Å². The van der Waals surface area contributed by atoms with Gasteiger partial charge in [-0.25, -0.2) is 0 Å². The quantitative estimate of drug-likeness (QED) is 0.405. The summed E-state index contributed by atoms with van der Waals surface area (Å²) < 4.78 is 10.9. The maximum atomic E-state index is 12.7. The van der Waals surface area contributed by atoms with Crippen LogP contribution >= 0.6 is 11.6 Å². The second kappa shape index (κ2) is 13.1. The van der Waals surface area contributed by atoms with Gasteiger partial charge in [0.15, 0.2) is 0 Å². The number of benzene rings is 2. The molecule has 0 unspecified atom stereocenters. The number of anilines is 2. The first-order valence-electron chi connectivity index (χ1n) is 11.5. The smallest absolute Gasteiger partial charge is 0.253 e. The Labute approximate surface area is 200 Å². The summed E-state index contributed by atoms with van der Waals surface area (Å²) in [5.41, 5.74) is 1.69. The molecule has 3 rings (SSSR count). The molecule has 178 valence electrons. The van der Waals surface area contributed by atoms with Gasteiger partial charge < -0.3 is 25.4 Å². The second-order valence-electron chi connectivity index (χ2n) is 7.98. The highest BCUT2D eigenvalue weighted by Gasteiger charge is 2.18. The van der Waals surface area contributed by atoms with E-state index in [0.29, 0.717) is 47.5 Å². The van der Waals surface area contributed by atoms with E-state index >= 15 is 0 Å². The van der Waals surface area contributed by atoms with E-state index in [1.54, 1.807) is 30.3 Å². The topological polar surface area (TPSA) is 88.7 Å². The third-order valence-electron chi connectivity index (χ3n) is 5.42. The molecule has 0 saturated heterocycles. The molecule has 7 nitrogen and oxygen atoms in total. The van der Waals surface area contributed by atoms with Crippen molar-refractivity contribution in [1.82, 2.24) is 5.32 Å². The SMILES string of the molecule is CCOCCOc1cccc(NC(=O)CNc2ccc(Cl)c(C(=O)NC3CCCCC3)c2)c1. The van der Waals surface area contributed by atoms with Crippen molar-refractivity contribution in [3.8, 4) is 5.75 Å². The number of hydrogen-bond donors (Lipinski definition) is 3. The van der Waals surface area contributed by atoms with E-state index in [-0.39, 0.29) is 24.4 Å². The number of ether oxygens (including phenoxy) is 2. The molecule has 0 heterocycles. The number of nitrogens with one attached hydrogen (secondary N) is 3. The Morgan fingerprint density at radius 1 is 1.03 bits per heavy atom. The van der Waals surface area contributed by atoms with E-state index in [4.69, 9.17) is 21.1 Å². The average molecular weight is 474 g/mol. The van der Waals surface area contributed by atoms with Crippen LogP contribution in [-0.2, 0) is 9.53 Å². The molecule has 2 aromatic rings. The Kier molecular flexibility index (Phi) is 9.84. The Hall–Kier alpha value is -2.77. The van der Waals surface area contributed by atoms with Crippen LogP contribution in [0.15, 0.2) is 42.5 Å². The predicted molar refractivity (Wildman–Crippen MR) is 131 cm³/mol. The van der Waals surface area contributed by atoms with Gasteiger partial charge in [-0.1, -0.05) is 36.9 Å². The Morgan fingerprint density at radius 2 is 1.85 bits per heavy atom. The molecule has 1 saturated carbocycles. The lowest BCUT2D eigenvalue weighted by atomic mass is 9.95. The fourth-order valence-corrected chi connectivity index (χ4v) is 3.94. The maximum Gasteiger partial charge on any atom is 0.253 e. The van der Waals surface area contributed by atoms with Crippen LogP contribution in [0.4, 0.5) is 11.4 Å². The summed E-state index contributed by atoms with van der Waals surface area (Å²) in [6.45, 7) is 3.58. The highest BCUT2D eigenvalue weighted by atomic mass is 35.5. The third kappa shape index (κ3) is 8.26. The predicted octanol–water partition coefficient (Wildman–Crippen LogP) is 4.87. The van der Waals surface area contributed by atoms with Crippen LogP contribution in [0.3, 0.4) is 0 Å². The minimum atomic E-state index is -0.218. The van der Waals surface area contributed by atoms with E-state index in [1.807, 2.05) is 19.1 Å². The zero-order valence-electron chi connectivity index (χ0n) is 19.0. The summed E-state index contributed by atoms with van der Waals surface area (Å²) in [5.74, 6) is 0.262. The Morgan fingerprint density at radius 3 is 2.64 bits per heavy atom. The van der Waals surface area contributed by atoms with Crippen LogP contribution in [0.25, 0.3) is 0 Å². The van der Waals surface area contributed by atoms with Crippen LogP contribution in [-0.4, -0.2) is 44.2 Å². The van der Waals surface area contributed by atoms with Crippen molar-refractivity contribution in [3.63, 3.8) is 0 Å². The molecule has 0 aromatic heterocycles. The third-order valence-corrected chi connectivity index (χ3v) is 5.75. The van der Waals surface area contributed by atoms with Crippen LogP contribution in [0.2, 0.25) is 5.02 Å². The monoisotopic (exact) mass is 473 g/mol. The van der Waals surface area contributed by atoms with Gasteiger partial charge in [0.2, 0.25) is 5.91 Å². The lowest BCUT2D eigenvalue weighted by molar-refractivity contribution is -0.114. The molecule has 0 radical (unpaired) electrons. The molecule has 2 amide bonds. The van der Waals surface area contributed by atoms with Crippen molar-refractivity contribution in [1.29, 1.82) is 0 Å². The molecule has 1 fully saturated rings. The van der Waals surface area contributed by atoms with Gasteiger partial charge in [-0.15, -0.1) is 0 Å². The zero-order valence-corrected chi connectivity index (χ0v) is 19.7. The second-order valence-corrected chi connectivity index (χ2v) is 8.39. The number of amides is 2. The minimum absolute atomic E-state index is 0.0424. The van der Waals surface area contributed by atoms with Crippen molar-refractivity contribution in [2.24, 2.45) is 0 Å². The van der Waals surface area contributed by atoms with Crippen molar-refractivity contribution in [3.05, 3.63) is 53.1 Å². The van der Waals surface area contributed by atoms with Crippen molar-refractivity contribution >= 4 is 34.8 Å². The van der Waals surface area contributed by atoms with Crippen molar-refractivity contribution < 1.29 is 19.1 Å². The Bertz CT molecular complexity index is 932. The summed E-state index contributed by atoms with van der Waals surface area (Å²) >= 11 is 6.26. The number of hydrogen-bond acceptors (Lipinski definition) is 5. The summed E-state index contributed by atoms with van der Waals surface area (Å²) in [6.07, 6.45) is 5.50. The van der Waals surface area contributed by atoms with Gasteiger partial charge in [-0.3, -0.25) is 9.59 Å². The molecular weight excluding hydrogens is 442 g/mol. The fraction of sp³-hybridized carbons (Fsp3) is 0.440. The van der Waals surface area contributed by atoms with Gasteiger partial charge in [0.05, 0.1) is 23.7 Å². The molecule has 8 heteroatoms. The first-order valence-corrected chi connectivity index (χ1v) is 11.9. The first kappa shape index (κ1) is 24.9. The highest BCUT2D eigenvalue weighted by molar-refractivity contribution is 6.34. The van der Waals surface area contributed by atoms with Crippen LogP contribution in [0.1, 0.15) is 49.4 Å². The van der Waals surface area contributed by atoms with Crippen molar-refractivity contribution in [2.75, 3.05) is 37.0 Å². The fourth-order valence-electron chi connectivity index (χ4n) is 3.73. The molecule has 0 spiro atoms. The molecule has 1 aliphatic carbocycles. The molecule has 0 aliphatic heterocycles. The summed E-state index contributed by atoms with van der Waals surface area (Å²) in [6, 6.07) is 12.5. The van der Waals surface area contributed by atoms with Gasteiger partial charge in [-0.05, 0) is 50.1 Å². The van der Waals surface area contributed by atoms with Gasteiger partial charge in [-0.2, -0.15) is 0 Å². The number of carbonyl (C=O) groups is 2. The molecular formula is C25H32ClN3O4. The molecule has 0 bridgehead atoms. The maximum absolute atomic E-state index is 12.7. The Balaban J connectivity index is 1.50. The standard InChI is InChI=1S/C25H32ClN3O4/c1-2-32-13-14-33-21-10-6-9-20(15-21)28-24(30)17-27-19-11-12-23(26)22(16-19)25(31)29-18-7-4-3-5-8-18/h6,9-12,15-16,18,27H,2-5,7-8,13-14,17H2,1H3,(H,28,30)(H,29,31). The summed E-state index contributed by atoms with van der Waals surface area (Å²) in [4.78, 5) is 25.1. The van der Waals surface area contributed by atoms with Crippen LogP contribution in [0, 0.1) is 0 Å². The zero-order chi connectivity index (χ0) is 23.5. The highest BCUT2D eigenvalue weighted by Crippen LogP contribution is 2.23. The van der Waals surface area contributed by atoms with Crippen molar-refractivity contribution in [2.45, 2.75) is 45.1 Å². The molecule has 2 aromatic carbocycles. The molecule has 33 heavy (non-hydrogen) atoms. The van der Waals surface area contributed by atoms with Crippen LogP contribution in [0.5, 0.6) is 5.75 Å². The van der Waals surface area contributed by atoms with E-state index in [1.165, 1.54) is 6.42 Å². The number of rotatable bonds is 11. The normalized spacial score (nSPS) is 13.9. The minimum Gasteiger partial charge on any atom is -0.491 e. The largest absolute Gasteiger partial charge is 0.491 e. The van der Waals surface area contributed by atoms with Crippen LogP contribution < -0.4 is 20.7 Å². The molecule has 0 atom stereocenters. The summed E-state index contributed by atoms with van der Waals surface area (Å²) in [7, 11) is 0.